The highest BCUT2D eigenvalue weighted by Crippen LogP contribution is 2.37. The Morgan fingerprint density at radius 3 is 2.97 bits per heavy atom. The van der Waals surface area contributed by atoms with Crippen LogP contribution in [0.1, 0.15) is 36.4 Å². The van der Waals surface area contributed by atoms with E-state index in [1.165, 1.54) is 0 Å². The van der Waals surface area contributed by atoms with Crippen LogP contribution in [0.2, 0.25) is 0 Å². The van der Waals surface area contributed by atoms with Crippen LogP contribution in [0.3, 0.4) is 0 Å². The largest absolute Gasteiger partial charge is 0.451 e. The van der Waals surface area contributed by atoms with Gasteiger partial charge in [0.25, 0.3) is 5.91 Å². The van der Waals surface area contributed by atoms with E-state index in [-0.39, 0.29) is 23.8 Å². The number of hydrogen-bond acceptors (Lipinski definition) is 6. The maximum Gasteiger partial charge on any atom is 0.291 e. The molecule has 9 nitrogen and oxygen atoms in total. The maximum absolute atomic E-state index is 12.9. The molecule has 1 aliphatic carbocycles. The van der Waals surface area contributed by atoms with Gasteiger partial charge in [0, 0.05) is 25.2 Å². The lowest BCUT2D eigenvalue weighted by Gasteiger charge is -2.34. The zero-order valence-corrected chi connectivity index (χ0v) is 17.0. The molecule has 1 fully saturated rings. The first-order valence-electron chi connectivity index (χ1n) is 10.2. The minimum atomic E-state index is -0.354. The van der Waals surface area contributed by atoms with Gasteiger partial charge in [0.05, 0.1) is 35.3 Å². The van der Waals surface area contributed by atoms with Gasteiger partial charge in [0.15, 0.2) is 5.76 Å². The fourth-order valence-electron chi connectivity index (χ4n) is 3.67. The molecule has 0 unspecified atom stereocenters. The number of nitrogens with one attached hydrogen (secondary N) is 2. The molecule has 0 atom stereocenters. The third-order valence-corrected chi connectivity index (χ3v) is 5.35. The van der Waals surface area contributed by atoms with Gasteiger partial charge in [-0.1, -0.05) is 6.07 Å². The van der Waals surface area contributed by atoms with Gasteiger partial charge < -0.3 is 14.5 Å². The molecule has 4 aromatic rings. The molecule has 0 aromatic carbocycles. The summed E-state index contributed by atoms with van der Waals surface area (Å²) < 4.78 is 13.3. The van der Waals surface area contributed by atoms with Crippen LogP contribution in [-0.2, 0) is 4.74 Å². The second-order valence-corrected chi connectivity index (χ2v) is 7.39. The summed E-state index contributed by atoms with van der Waals surface area (Å²) in [5.41, 5.74) is 2.67. The predicted molar refractivity (Wildman–Crippen MR) is 113 cm³/mol. The number of hydrogen-bond donors (Lipinski definition) is 2. The quantitative estimate of drug-likeness (QED) is 0.471. The van der Waals surface area contributed by atoms with Crippen molar-refractivity contribution >= 4 is 11.6 Å². The lowest BCUT2D eigenvalue weighted by atomic mass is 9.89. The normalized spacial score (nSPS) is 18.0. The molecule has 1 saturated carbocycles. The van der Waals surface area contributed by atoms with Crippen LogP contribution in [-0.4, -0.2) is 43.6 Å². The Morgan fingerprint density at radius 1 is 1.32 bits per heavy atom. The standard InChI is InChI=1S/C22H22N6O3/c1-2-30-16-9-15(10-16)28-13-18(21(27-28)17-5-3-4-8-23-17)26-22(29)20-7-6-19(31-20)14-11-24-25-12-14/h3-8,11-13,15-16H,2,9-10H2,1H3,(H,24,25)(H,26,29)/t15-,16+. The zero-order chi connectivity index (χ0) is 21.2. The van der Waals surface area contributed by atoms with Crippen molar-refractivity contribution in [2.45, 2.75) is 31.9 Å². The van der Waals surface area contributed by atoms with Crippen molar-refractivity contribution in [1.82, 2.24) is 25.0 Å². The lowest BCUT2D eigenvalue weighted by Crippen LogP contribution is -2.33. The molecule has 0 aliphatic heterocycles. The Bertz CT molecular complexity index is 1160. The number of H-pyrrole nitrogens is 1. The topological polar surface area (TPSA) is 111 Å². The summed E-state index contributed by atoms with van der Waals surface area (Å²) in [7, 11) is 0. The number of nitrogens with zero attached hydrogens (tertiary/aromatic N) is 4. The van der Waals surface area contributed by atoms with Crippen LogP contribution in [0.25, 0.3) is 22.7 Å². The van der Waals surface area contributed by atoms with E-state index < -0.39 is 0 Å². The molecule has 1 amide bonds. The molecular weight excluding hydrogens is 396 g/mol. The van der Waals surface area contributed by atoms with Crippen molar-refractivity contribution in [2.24, 2.45) is 0 Å². The molecule has 5 rings (SSSR count). The molecule has 31 heavy (non-hydrogen) atoms. The van der Waals surface area contributed by atoms with Gasteiger partial charge in [-0.25, -0.2) is 0 Å². The molecular formula is C22H22N6O3. The SMILES string of the molecule is CCO[C@H]1C[C@@H](n2cc(NC(=O)c3ccc(-c4cn[nH]c4)o3)c(-c3ccccn3)n2)C1. The van der Waals surface area contributed by atoms with Crippen molar-refractivity contribution < 1.29 is 13.9 Å². The third kappa shape index (κ3) is 3.87. The van der Waals surface area contributed by atoms with Crippen molar-refractivity contribution in [3.05, 3.63) is 60.9 Å². The summed E-state index contributed by atoms with van der Waals surface area (Å²) in [5, 5.41) is 14.3. The molecule has 2 N–H and O–H groups in total. The molecule has 4 aromatic heterocycles. The number of anilines is 1. The Labute approximate surface area is 178 Å². The average molecular weight is 418 g/mol. The minimum absolute atomic E-state index is 0.205. The van der Waals surface area contributed by atoms with E-state index in [1.54, 1.807) is 30.7 Å². The molecule has 9 heteroatoms. The van der Waals surface area contributed by atoms with Crippen LogP contribution in [0.4, 0.5) is 5.69 Å². The molecule has 4 heterocycles. The summed E-state index contributed by atoms with van der Waals surface area (Å²) in [6.07, 6.45) is 8.97. The number of carbonyl (C=O) groups excluding carboxylic acids is 1. The van der Waals surface area contributed by atoms with Gasteiger partial charge in [-0.05, 0) is 44.0 Å². The molecule has 0 spiro atoms. The van der Waals surface area contributed by atoms with Gasteiger partial charge >= 0.3 is 0 Å². The van der Waals surface area contributed by atoms with E-state index in [4.69, 9.17) is 14.3 Å². The predicted octanol–water partition coefficient (Wildman–Crippen LogP) is 3.92. The Morgan fingerprint density at radius 2 is 2.23 bits per heavy atom. The van der Waals surface area contributed by atoms with Crippen LogP contribution >= 0.6 is 0 Å². The highest BCUT2D eigenvalue weighted by Gasteiger charge is 2.32. The second-order valence-electron chi connectivity index (χ2n) is 7.39. The van der Waals surface area contributed by atoms with Gasteiger partial charge in [0.2, 0.25) is 0 Å². The number of furan rings is 1. The average Bonchev–Trinajstić information content (AvgIpc) is 3.51. The van der Waals surface area contributed by atoms with Gasteiger partial charge in [0.1, 0.15) is 11.5 Å². The van der Waals surface area contributed by atoms with Crippen molar-refractivity contribution in [3.8, 4) is 22.7 Å². The summed E-state index contributed by atoms with van der Waals surface area (Å²) in [5.74, 6) is 0.416. The Hall–Kier alpha value is -3.72. The van der Waals surface area contributed by atoms with Gasteiger partial charge in [-0.2, -0.15) is 10.2 Å². The molecule has 0 saturated heterocycles. The van der Waals surface area contributed by atoms with E-state index in [0.717, 1.165) is 18.4 Å². The molecule has 1 aliphatic rings. The van der Waals surface area contributed by atoms with E-state index >= 15 is 0 Å². The number of aromatic nitrogens is 5. The number of pyridine rings is 1. The monoisotopic (exact) mass is 418 g/mol. The van der Waals surface area contributed by atoms with Crippen molar-refractivity contribution in [1.29, 1.82) is 0 Å². The number of carbonyl (C=O) groups is 1. The van der Waals surface area contributed by atoms with E-state index in [0.29, 0.717) is 29.4 Å². The first-order chi connectivity index (χ1) is 15.2. The number of amides is 1. The summed E-state index contributed by atoms with van der Waals surface area (Å²) >= 11 is 0. The maximum atomic E-state index is 12.9. The van der Waals surface area contributed by atoms with Gasteiger partial charge in [-0.3, -0.25) is 19.6 Å². The van der Waals surface area contributed by atoms with E-state index in [9.17, 15) is 4.79 Å². The second kappa shape index (κ2) is 8.19. The zero-order valence-electron chi connectivity index (χ0n) is 17.0. The van der Waals surface area contributed by atoms with Crippen LogP contribution in [0.15, 0.2) is 59.5 Å². The lowest BCUT2D eigenvalue weighted by molar-refractivity contribution is -0.0226. The Balaban J connectivity index is 1.39. The van der Waals surface area contributed by atoms with Crippen LogP contribution in [0, 0.1) is 0 Å². The van der Waals surface area contributed by atoms with Crippen LogP contribution in [0.5, 0.6) is 0 Å². The first kappa shape index (κ1) is 19.3. The van der Waals surface area contributed by atoms with Gasteiger partial charge in [-0.15, -0.1) is 0 Å². The highest BCUT2D eigenvalue weighted by atomic mass is 16.5. The number of rotatable bonds is 7. The number of ether oxygens (including phenoxy) is 1. The fourth-order valence-corrected chi connectivity index (χ4v) is 3.67. The van der Waals surface area contributed by atoms with E-state index in [2.05, 4.69) is 20.5 Å². The summed E-state index contributed by atoms with van der Waals surface area (Å²) in [4.78, 5) is 17.3. The van der Waals surface area contributed by atoms with Crippen molar-refractivity contribution in [2.75, 3.05) is 11.9 Å². The smallest absolute Gasteiger partial charge is 0.291 e. The minimum Gasteiger partial charge on any atom is -0.451 e. The third-order valence-electron chi connectivity index (χ3n) is 5.35. The molecule has 0 bridgehead atoms. The summed E-state index contributed by atoms with van der Waals surface area (Å²) in [6.45, 7) is 2.71. The molecule has 158 valence electrons. The first-order valence-corrected chi connectivity index (χ1v) is 10.2. The summed E-state index contributed by atoms with van der Waals surface area (Å²) in [6, 6.07) is 9.23. The fraction of sp³-hybridized carbons (Fsp3) is 0.273. The Kier molecular flexibility index (Phi) is 5.09. The molecule has 0 radical (unpaired) electrons. The van der Waals surface area contributed by atoms with E-state index in [1.807, 2.05) is 36.0 Å². The van der Waals surface area contributed by atoms with Crippen molar-refractivity contribution in [3.63, 3.8) is 0 Å². The highest BCUT2D eigenvalue weighted by molar-refractivity contribution is 6.04. The number of aromatic amines is 1. The van der Waals surface area contributed by atoms with Crippen LogP contribution < -0.4 is 5.32 Å².